The predicted molar refractivity (Wildman–Crippen MR) is 91.8 cm³/mol. The fraction of sp³-hybridized carbons (Fsp3) is 0.389. The number of hydrogen-bond acceptors (Lipinski definition) is 5. The molecule has 1 amide bonds. The molecule has 7 heteroatoms. The van der Waals surface area contributed by atoms with Crippen molar-refractivity contribution in [3.8, 4) is 5.75 Å². The van der Waals surface area contributed by atoms with Crippen LogP contribution in [0.15, 0.2) is 28.9 Å². The Morgan fingerprint density at radius 3 is 3.16 bits per heavy atom. The minimum Gasteiger partial charge on any atom is -0.497 e. The van der Waals surface area contributed by atoms with E-state index < -0.39 is 0 Å². The molecule has 0 fully saturated rings. The van der Waals surface area contributed by atoms with Gasteiger partial charge in [0, 0.05) is 31.3 Å². The molecule has 130 valence electrons. The summed E-state index contributed by atoms with van der Waals surface area (Å²) in [7, 11) is 1.60. The lowest BCUT2D eigenvalue weighted by atomic mass is 10.1. The fourth-order valence-corrected chi connectivity index (χ4v) is 3.25. The third kappa shape index (κ3) is 2.97. The van der Waals surface area contributed by atoms with E-state index in [1.807, 2.05) is 12.1 Å². The molecule has 25 heavy (non-hydrogen) atoms. The Balaban J connectivity index is 1.43. The number of furan rings is 1. The molecule has 0 atom stereocenters. The summed E-state index contributed by atoms with van der Waals surface area (Å²) in [6.45, 7) is 1.48. The molecule has 1 aliphatic heterocycles. The average Bonchev–Trinajstić information content (AvgIpc) is 3.25. The summed E-state index contributed by atoms with van der Waals surface area (Å²) >= 11 is 0. The van der Waals surface area contributed by atoms with Gasteiger partial charge in [0.25, 0.3) is 5.91 Å². The van der Waals surface area contributed by atoms with Crippen molar-refractivity contribution in [2.75, 3.05) is 13.7 Å². The Morgan fingerprint density at radius 1 is 1.36 bits per heavy atom. The van der Waals surface area contributed by atoms with Crippen LogP contribution in [0.25, 0.3) is 11.0 Å². The molecule has 1 aliphatic rings. The van der Waals surface area contributed by atoms with Gasteiger partial charge in [-0.3, -0.25) is 4.79 Å². The molecular weight excluding hydrogens is 320 g/mol. The van der Waals surface area contributed by atoms with Crippen LogP contribution in [-0.4, -0.2) is 34.3 Å². The van der Waals surface area contributed by atoms with Gasteiger partial charge in [-0.15, -0.1) is 10.2 Å². The van der Waals surface area contributed by atoms with Gasteiger partial charge in [0.1, 0.15) is 29.2 Å². The number of fused-ring (bicyclic) bond motifs is 2. The lowest BCUT2D eigenvalue weighted by Crippen LogP contribution is -2.26. The van der Waals surface area contributed by atoms with Crippen LogP contribution < -0.4 is 10.1 Å². The van der Waals surface area contributed by atoms with Crippen molar-refractivity contribution in [3.63, 3.8) is 0 Å². The molecule has 3 heterocycles. The van der Waals surface area contributed by atoms with Gasteiger partial charge in [-0.05, 0) is 31.0 Å². The second kappa shape index (κ2) is 6.58. The monoisotopic (exact) mass is 340 g/mol. The van der Waals surface area contributed by atoms with Crippen LogP contribution in [0, 0.1) is 0 Å². The lowest BCUT2D eigenvalue weighted by Gasteiger charge is -2.14. The minimum absolute atomic E-state index is 0.162. The second-order valence-corrected chi connectivity index (χ2v) is 6.16. The summed E-state index contributed by atoms with van der Waals surface area (Å²) in [4.78, 5) is 12.5. The first-order valence-electron chi connectivity index (χ1n) is 8.50. The highest BCUT2D eigenvalue weighted by atomic mass is 16.5. The van der Waals surface area contributed by atoms with Crippen LogP contribution in [-0.2, 0) is 19.4 Å². The van der Waals surface area contributed by atoms with Gasteiger partial charge in [0.15, 0.2) is 0 Å². The first-order chi connectivity index (χ1) is 12.3. The zero-order valence-corrected chi connectivity index (χ0v) is 14.1. The fourth-order valence-electron chi connectivity index (χ4n) is 3.25. The van der Waals surface area contributed by atoms with Gasteiger partial charge in [-0.2, -0.15) is 0 Å². The Morgan fingerprint density at radius 2 is 2.28 bits per heavy atom. The second-order valence-electron chi connectivity index (χ2n) is 6.16. The van der Waals surface area contributed by atoms with E-state index in [0.717, 1.165) is 36.4 Å². The van der Waals surface area contributed by atoms with Crippen molar-refractivity contribution in [2.45, 2.75) is 32.2 Å². The number of rotatable bonds is 5. The van der Waals surface area contributed by atoms with Crippen LogP contribution in [0.1, 0.15) is 34.8 Å². The van der Waals surface area contributed by atoms with Crippen molar-refractivity contribution in [1.82, 2.24) is 20.1 Å². The van der Waals surface area contributed by atoms with Crippen molar-refractivity contribution in [3.05, 3.63) is 41.7 Å². The van der Waals surface area contributed by atoms with E-state index in [0.29, 0.717) is 29.9 Å². The summed E-state index contributed by atoms with van der Waals surface area (Å²) in [5.41, 5.74) is 1.18. The number of methoxy groups -OCH3 is 1. The maximum atomic E-state index is 12.5. The number of amides is 1. The molecule has 0 radical (unpaired) electrons. The molecule has 0 saturated heterocycles. The number of carbonyl (C=O) groups is 1. The minimum atomic E-state index is -0.162. The van der Waals surface area contributed by atoms with E-state index in [9.17, 15) is 4.79 Å². The van der Waals surface area contributed by atoms with E-state index in [1.54, 1.807) is 13.2 Å². The zero-order chi connectivity index (χ0) is 17.2. The molecule has 0 aliphatic carbocycles. The molecule has 1 aromatic carbocycles. The van der Waals surface area contributed by atoms with Gasteiger partial charge >= 0.3 is 0 Å². The molecule has 7 nitrogen and oxygen atoms in total. The smallest absolute Gasteiger partial charge is 0.255 e. The molecular formula is C18H20N4O3. The highest BCUT2D eigenvalue weighted by Crippen LogP contribution is 2.25. The van der Waals surface area contributed by atoms with E-state index in [4.69, 9.17) is 9.15 Å². The van der Waals surface area contributed by atoms with Crippen LogP contribution in [0.5, 0.6) is 5.75 Å². The number of nitrogens with one attached hydrogen (secondary N) is 1. The Kier molecular flexibility index (Phi) is 4.13. The largest absolute Gasteiger partial charge is 0.497 e. The highest BCUT2D eigenvalue weighted by Gasteiger charge is 2.17. The number of aromatic nitrogens is 3. The molecule has 0 bridgehead atoms. The van der Waals surface area contributed by atoms with Gasteiger partial charge in [0.2, 0.25) is 0 Å². The number of carbonyl (C=O) groups excluding carboxylic acids is 1. The van der Waals surface area contributed by atoms with Gasteiger partial charge < -0.3 is 19.0 Å². The lowest BCUT2D eigenvalue weighted by molar-refractivity contribution is 0.0954. The maximum absolute atomic E-state index is 12.5. The molecule has 0 unspecified atom stereocenters. The normalized spacial score (nSPS) is 13.6. The van der Waals surface area contributed by atoms with Crippen LogP contribution >= 0.6 is 0 Å². The molecule has 0 spiro atoms. The third-order valence-corrected chi connectivity index (χ3v) is 4.60. The molecule has 1 N–H and O–H groups in total. The molecule has 0 saturated carbocycles. The highest BCUT2D eigenvalue weighted by molar-refractivity contribution is 6.06. The third-order valence-electron chi connectivity index (χ3n) is 4.60. The average molecular weight is 340 g/mol. The van der Waals surface area contributed by atoms with Crippen molar-refractivity contribution >= 4 is 16.9 Å². The quantitative estimate of drug-likeness (QED) is 0.771. The summed E-state index contributed by atoms with van der Waals surface area (Å²) in [6.07, 6.45) is 5.47. The number of nitrogens with zero attached hydrogens (tertiary/aromatic N) is 3. The first-order valence-corrected chi connectivity index (χ1v) is 8.50. The first kappa shape index (κ1) is 15.7. The summed E-state index contributed by atoms with van der Waals surface area (Å²) in [6, 6.07) is 5.41. The number of ether oxygens (including phenoxy) is 1. The maximum Gasteiger partial charge on any atom is 0.255 e. The summed E-state index contributed by atoms with van der Waals surface area (Å²) in [5, 5.41) is 12.2. The molecule has 3 aromatic rings. The van der Waals surface area contributed by atoms with E-state index in [2.05, 4.69) is 20.1 Å². The van der Waals surface area contributed by atoms with Crippen LogP contribution in [0.2, 0.25) is 0 Å². The SMILES string of the molecule is COc1ccc2occ(C(=O)NCCc3nnc4n3CCCC4)c2c1. The predicted octanol–water partition coefficient (Wildman–Crippen LogP) is 2.34. The van der Waals surface area contributed by atoms with Gasteiger partial charge in [-0.25, -0.2) is 0 Å². The molecule has 2 aromatic heterocycles. The number of hydrogen-bond donors (Lipinski definition) is 1. The number of benzene rings is 1. The Bertz CT molecular complexity index is 912. The Labute approximate surface area is 145 Å². The van der Waals surface area contributed by atoms with E-state index in [-0.39, 0.29) is 5.91 Å². The van der Waals surface area contributed by atoms with E-state index in [1.165, 1.54) is 12.7 Å². The topological polar surface area (TPSA) is 82.2 Å². The zero-order valence-electron chi connectivity index (χ0n) is 14.1. The van der Waals surface area contributed by atoms with Crippen molar-refractivity contribution in [2.24, 2.45) is 0 Å². The van der Waals surface area contributed by atoms with Crippen LogP contribution in [0.3, 0.4) is 0 Å². The summed E-state index contributed by atoms with van der Waals surface area (Å²) < 4.78 is 12.8. The van der Waals surface area contributed by atoms with Gasteiger partial charge in [0.05, 0.1) is 12.7 Å². The summed E-state index contributed by atoms with van der Waals surface area (Å²) in [5.74, 6) is 2.53. The standard InChI is InChI=1S/C18H20N4O3/c1-24-12-5-6-15-13(10-12)14(11-25-15)18(23)19-8-7-17-21-20-16-4-2-3-9-22(16)17/h5-6,10-11H,2-4,7-9H2,1H3,(H,19,23). The van der Waals surface area contributed by atoms with Gasteiger partial charge in [-0.1, -0.05) is 0 Å². The Hall–Kier alpha value is -2.83. The number of aryl methyl sites for hydroxylation is 1. The van der Waals surface area contributed by atoms with Crippen molar-refractivity contribution in [1.29, 1.82) is 0 Å². The van der Waals surface area contributed by atoms with Crippen molar-refractivity contribution < 1.29 is 13.9 Å². The van der Waals surface area contributed by atoms with E-state index >= 15 is 0 Å². The molecule has 4 rings (SSSR count). The van der Waals surface area contributed by atoms with Crippen LogP contribution in [0.4, 0.5) is 0 Å².